The van der Waals surface area contributed by atoms with Crippen LogP contribution in [0, 0.1) is 0 Å². The first-order chi connectivity index (χ1) is 9.65. The molecule has 1 atom stereocenters. The highest BCUT2D eigenvalue weighted by atomic mass is 32.1. The molecule has 20 heavy (non-hydrogen) atoms. The number of thiazole rings is 1. The normalized spacial score (nSPS) is 12.4. The van der Waals surface area contributed by atoms with Gasteiger partial charge in [-0.15, -0.1) is 11.3 Å². The molecule has 0 spiro atoms. The lowest BCUT2D eigenvalue weighted by Gasteiger charge is -2.12. The zero-order valence-corrected chi connectivity index (χ0v) is 11.3. The third-order valence-corrected chi connectivity index (χ3v) is 3.82. The van der Waals surface area contributed by atoms with E-state index in [9.17, 15) is 4.79 Å². The van der Waals surface area contributed by atoms with Crippen molar-refractivity contribution < 1.29 is 9.90 Å². The van der Waals surface area contributed by atoms with E-state index in [0.29, 0.717) is 10.8 Å². The summed E-state index contributed by atoms with van der Waals surface area (Å²) >= 11 is 1.31. The van der Waals surface area contributed by atoms with Crippen molar-refractivity contribution in [3.8, 4) is 0 Å². The molecule has 0 radical (unpaired) electrons. The van der Waals surface area contributed by atoms with E-state index in [4.69, 9.17) is 5.11 Å². The van der Waals surface area contributed by atoms with E-state index in [-0.39, 0.29) is 11.7 Å². The fraction of sp³-hybridized carbons (Fsp3) is 0.167. The first kappa shape index (κ1) is 12.5. The molecule has 3 aromatic rings. The van der Waals surface area contributed by atoms with Crippen LogP contribution in [-0.4, -0.2) is 30.7 Å². The molecule has 0 aliphatic carbocycles. The number of nitrogens with zero attached hydrogens (tertiary/aromatic N) is 4. The zero-order chi connectivity index (χ0) is 14.1. The Kier molecular flexibility index (Phi) is 3.07. The van der Waals surface area contributed by atoms with Gasteiger partial charge in [-0.3, -0.25) is 0 Å². The summed E-state index contributed by atoms with van der Waals surface area (Å²) in [7, 11) is 0. The number of hydrogen-bond donors (Lipinski definition) is 2. The number of nitrogens with one attached hydrogen (secondary N) is 1. The number of carboxylic acids is 1. The summed E-state index contributed by atoms with van der Waals surface area (Å²) in [4.78, 5) is 19.2. The highest BCUT2D eigenvalue weighted by Crippen LogP contribution is 2.23. The molecule has 102 valence electrons. The van der Waals surface area contributed by atoms with E-state index >= 15 is 0 Å². The maximum atomic E-state index is 10.8. The van der Waals surface area contributed by atoms with Crippen molar-refractivity contribution in [1.82, 2.24) is 19.6 Å². The summed E-state index contributed by atoms with van der Waals surface area (Å²) in [6, 6.07) is 1.72. The topological polar surface area (TPSA) is 92.4 Å². The number of fused-ring (bicyclic) bond motifs is 1. The molecule has 1 unspecified atom stereocenters. The molecular formula is C12H11N5O2S. The van der Waals surface area contributed by atoms with Crippen molar-refractivity contribution in [2.45, 2.75) is 13.0 Å². The Morgan fingerprint density at radius 3 is 3.10 bits per heavy atom. The van der Waals surface area contributed by atoms with Gasteiger partial charge in [0.25, 0.3) is 0 Å². The third kappa shape index (κ3) is 2.21. The van der Waals surface area contributed by atoms with Crippen molar-refractivity contribution in [1.29, 1.82) is 0 Å². The maximum absolute atomic E-state index is 10.8. The predicted molar refractivity (Wildman–Crippen MR) is 74.1 cm³/mol. The summed E-state index contributed by atoms with van der Waals surface area (Å²) in [5.41, 5.74) is 0.920. The van der Waals surface area contributed by atoms with E-state index in [1.807, 2.05) is 13.0 Å². The van der Waals surface area contributed by atoms with Crippen molar-refractivity contribution >= 4 is 28.6 Å². The van der Waals surface area contributed by atoms with E-state index in [1.54, 1.807) is 23.1 Å². The number of carboxylic acid groups (broad SMARTS) is 1. The lowest BCUT2D eigenvalue weighted by atomic mass is 10.3. The number of aromatic nitrogens is 4. The van der Waals surface area contributed by atoms with Crippen molar-refractivity contribution in [2.75, 3.05) is 5.32 Å². The lowest BCUT2D eigenvalue weighted by Crippen LogP contribution is -2.09. The Balaban J connectivity index is 1.86. The molecule has 0 bridgehead atoms. The van der Waals surface area contributed by atoms with Gasteiger partial charge in [-0.05, 0) is 13.0 Å². The molecule has 0 aliphatic heterocycles. The van der Waals surface area contributed by atoms with Gasteiger partial charge in [0.1, 0.15) is 10.5 Å². The molecule has 0 saturated carbocycles. The molecule has 0 fully saturated rings. The first-order valence-electron chi connectivity index (χ1n) is 5.89. The van der Waals surface area contributed by atoms with Gasteiger partial charge in [0.05, 0.1) is 12.2 Å². The number of aromatic carboxylic acids is 1. The number of rotatable bonds is 4. The molecule has 0 saturated heterocycles. The molecule has 0 amide bonds. The Morgan fingerprint density at radius 2 is 2.35 bits per heavy atom. The van der Waals surface area contributed by atoms with Gasteiger partial charge in [-0.25, -0.2) is 19.3 Å². The second-order valence-electron chi connectivity index (χ2n) is 4.18. The molecule has 3 rings (SSSR count). The minimum Gasteiger partial charge on any atom is -0.476 e. The molecule has 3 aromatic heterocycles. The van der Waals surface area contributed by atoms with Crippen molar-refractivity contribution in [3.05, 3.63) is 40.7 Å². The molecule has 3 heterocycles. The lowest BCUT2D eigenvalue weighted by molar-refractivity contribution is 0.0691. The van der Waals surface area contributed by atoms with Crippen LogP contribution in [0.2, 0.25) is 0 Å². The maximum Gasteiger partial charge on any atom is 0.355 e. The van der Waals surface area contributed by atoms with Crippen molar-refractivity contribution in [2.24, 2.45) is 0 Å². The van der Waals surface area contributed by atoms with Crippen molar-refractivity contribution in [3.63, 3.8) is 0 Å². The van der Waals surface area contributed by atoms with Crippen LogP contribution in [0.1, 0.15) is 28.5 Å². The Bertz CT molecular complexity index is 766. The van der Waals surface area contributed by atoms with Crippen LogP contribution in [0.3, 0.4) is 0 Å². The molecule has 2 N–H and O–H groups in total. The van der Waals surface area contributed by atoms with Gasteiger partial charge < -0.3 is 10.4 Å². The second kappa shape index (κ2) is 4.89. The van der Waals surface area contributed by atoms with Crippen LogP contribution in [0.15, 0.2) is 30.0 Å². The minimum atomic E-state index is -1.02. The summed E-state index contributed by atoms with van der Waals surface area (Å²) in [6.45, 7) is 1.91. The second-order valence-corrected chi connectivity index (χ2v) is 5.07. The van der Waals surface area contributed by atoms with E-state index in [1.165, 1.54) is 16.7 Å². The molecular weight excluding hydrogens is 278 g/mol. The van der Waals surface area contributed by atoms with Crippen LogP contribution < -0.4 is 5.32 Å². The van der Waals surface area contributed by atoms with E-state index in [0.717, 1.165) is 5.52 Å². The monoisotopic (exact) mass is 289 g/mol. The minimum absolute atomic E-state index is 0.0640. The van der Waals surface area contributed by atoms with Gasteiger partial charge >= 0.3 is 5.97 Å². The fourth-order valence-corrected chi connectivity index (χ4v) is 2.62. The Morgan fingerprint density at radius 1 is 1.50 bits per heavy atom. The van der Waals surface area contributed by atoms with Gasteiger partial charge in [-0.2, -0.15) is 5.10 Å². The summed E-state index contributed by atoms with van der Waals surface area (Å²) in [5, 5.41) is 18.5. The molecule has 0 aromatic carbocycles. The fourth-order valence-electron chi connectivity index (χ4n) is 1.82. The average Bonchev–Trinajstić information content (AvgIpc) is 3.08. The highest BCUT2D eigenvalue weighted by molar-refractivity contribution is 7.09. The summed E-state index contributed by atoms with van der Waals surface area (Å²) < 4.78 is 1.71. The SMILES string of the molecule is CC(Nc1nccn2nccc12)c1nc(C(=O)O)cs1. The highest BCUT2D eigenvalue weighted by Gasteiger charge is 2.15. The van der Waals surface area contributed by atoms with Crippen LogP contribution >= 0.6 is 11.3 Å². The molecule has 7 nitrogen and oxygen atoms in total. The smallest absolute Gasteiger partial charge is 0.355 e. The van der Waals surface area contributed by atoms with Crippen LogP contribution in [0.25, 0.3) is 5.52 Å². The molecule has 0 aliphatic rings. The van der Waals surface area contributed by atoms with Crippen LogP contribution in [0.5, 0.6) is 0 Å². The van der Waals surface area contributed by atoms with E-state index in [2.05, 4.69) is 20.4 Å². The third-order valence-electron chi connectivity index (χ3n) is 2.79. The largest absolute Gasteiger partial charge is 0.476 e. The predicted octanol–water partition coefficient (Wildman–Crippen LogP) is 2.06. The van der Waals surface area contributed by atoms with Crippen LogP contribution in [0.4, 0.5) is 5.82 Å². The van der Waals surface area contributed by atoms with Gasteiger partial charge in [0, 0.05) is 17.8 Å². The summed E-state index contributed by atoms with van der Waals surface area (Å²) in [6.07, 6.45) is 5.11. The number of hydrogen-bond acceptors (Lipinski definition) is 6. The summed E-state index contributed by atoms with van der Waals surface area (Å²) in [5.74, 6) is -0.333. The number of anilines is 1. The first-order valence-corrected chi connectivity index (χ1v) is 6.76. The molecule has 8 heteroatoms. The van der Waals surface area contributed by atoms with Gasteiger partial charge in [0.2, 0.25) is 0 Å². The average molecular weight is 289 g/mol. The van der Waals surface area contributed by atoms with E-state index < -0.39 is 5.97 Å². The van der Waals surface area contributed by atoms with Crippen LogP contribution in [-0.2, 0) is 0 Å². The quantitative estimate of drug-likeness (QED) is 0.763. The Labute approximate surface area is 117 Å². The standard InChI is InChI=1S/C12H11N5O2S/c1-7(11-16-8(6-20-11)12(18)19)15-10-9-2-3-14-17(9)5-4-13-10/h2-7H,1H3,(H,13,15)(H,18,19). The zero-order valence-electron chi connectivity index (χ0n) is 10.5. The number of carbonyl (C=O) groups is 1. The van der Waals surface area contributed by atoms with Gasteiger partial charge in [0.15, 0.2) is 11.5 Å². The Hall–Kier alpha value is -2.48. The van der Waals surface area contributed by atoms with Gasteiger partial charge in [-0.1, -0.05) is 0 Å².